The number of hydrogen-bond donors (Lipinski definition) is 1. The van der Waals surface area contributed by atoms with Crippen LogP contribution in [-0.2, 0) is 21.1 Å². The smallest absolute Gasteiger partial charge is 0.248 e. The van der Waals surface area contributed by atoms with Crippen LogP contribution in [0.2, 0.25) is 0 Å². The van der Waals surface area contributed by atoms with Gasteiger partial charge in [-0.1, -0.05) is 41.7 Å². The molecule has 12 heteroatoms. The Hall–Kier alpha value is -4.16. The number of fused-ring (bicyclic) bond motifs is 3. The zero-order chi connectivity index (χ0) is 32.8. The van der Waals surface area contributed by atoms with E-state index < -0.39 is 27.4 Å². The fourth-order valence-electron chi connectivity index (χ4n) is 7.81. The monoisotopic (exact) mass is 656 g/mol. The van der Waals surface area contributed by atoms with Crippen molar-refractivity contribution in [1.29, 1.82) is 0 Å². The molecule has 47 heavy (non-hydrogen) atoms. The Balaban J connectivity index is 1.26. The molecule has 4 aliphatic heterocycles. The summed E-state index contributed by atoms with van der Waals surface area (Å²) in [5.74, 6) is -1.14. The standard InChI is InChI=1S/C35H40N6O5S/c1-3-46-25-15-13-24(14-16-25)39-21-9-17-34(2)28(31(39)43)29-32(44)40(20-7-4-8-22-42)30-33(45)38(19-10-18-35(29,30)47-34)23-41-27-12-6-5-11-26(27)36-37-41/h5-6,9-18,28-30,42H,3-4,7-8,19-23H2,1-2H3/t28-,29+,30?,34+,35+/m1/s1. The van der Waals surface area contributed by atoms with Crippen LogP contribution >= 0.6 is 11.8 Å². The zero-order valence-electron chi connectivity index (χ0n) is 26.7. The second-order valence-electron chi connectivity index (χ2n) is 12.8. The SMILES string of the molecule is CCOc1ccc(N2CC=C[C@]3(C)S[C@]45C=CCN(Cn6nnc7ccccc76)C(=O)C4N(CCCCCO)C(=O)[C@@H]5[C@@H]3C2=O)cc1. The number of rotatable bonds is 10. The van der Waals surface area contributed by atoms with Gasteiger partial charge in [-0.3, -0.25) is 14.4 Å². The maximum atomic E-state index is 14.8. The molecule has 0 saturated carbocycles. The van der Waals surface area contributed by atoms with Crippen LogP contribution in [0.25, 0.3) is 11.0 Å². The fourth-order valence-corrected chi connectivity index (χ4v) is 9.97. The molecule has 0 bridgehead atoms. The van der Waals surface area contributed by atoms with Crippen molar-refractivity contribution in [2.45, 2.75) is 55.3 Å². The van der Waals surface area contributed by atoms with Crippen LogP contribution in [0.5, 0.6) is 5.75 Å². The van der Waals surface area contributed by atoms with E-state index in [1.54, 1.807) is 31.1 Å². The third-order valence-corrected chi connectivity index (χ3v) is 11.7. The molecular weight excluding hydrogens is 616 g/mol. The van der Waals surface area contributed by atoms with E-state index in [4.69, 9.17) is 4.74 Å². The molecule has 4 aliphatic rings. The predicted octanol–water partition coefficient (Wildman–Crippen LogP) is 3.64. The molecule has 246 valence electrons. The lowest BCUT2D eigenvalue weighted by Gasteiger charge is -2.36. The highest BCUT2D eigenvalue weighted by Crippen LogP contribution is 2.65. The molecule has 0 aliphatic carbocycles. The Morgan fingerprint density at radius 1 is 0.936 bits per heavy atom. The summed E-state index contributed by atoms with van der Waals surface area (Å²) in [7, 11) is 0. The molecule has 11 nitrogen and oxygen atoms in total. The topological polar surface area (TPSA) is 121 Å². The van der Waals surface area contributed by atoms with E-state index in [1.165, 1.54) is 0 Å². The summed E-state index contributed by atoms with van der Waals surface area (Å²) in [6.07, 6.45) is 10.1. The minimum Gasteiger partial charge on any atom is -0.494 e. The number of aliphatic hydroxyl groups excluding tert-OH is 1. The first-order valence-electron chi connectivity index (χ1n) is 16.4. The van der Waals surface area contributed by atoms with Crippen molar-refractivity contribution in [1.82, 2.24) is 24.8 Å². The van der Waals surface area contributed by atoms with Crippen molar-refractivity contribution in [2.24, 2.45) is 11.8 Å². The van der Waals surface area contributed by atoms with Gasteiger partial charge in [0.15, 0.2) is 0 Å². The molecule has 1 aromatic heterocycles. The number of benzene rings is 2. The van der Waals surface area contributed by atoms with Crippen molar-refractivity contribution in [3.05, 3.63) is 72.8 Å². The number of aliphatic hydroxyl groups is 1. The quantitative estimate of drug-likeness (QED) is 0.260. The Kier molecular flexibility index (Phi) is 8.33. The Labute approximate surface area is 278 Å². The van der Waals surface area contributed by atoms with E-state index in [0.717, 1.165) is 28.9 Å². The molecule has 2 fully saturated rings. The van der Waals surface area contributed by atoms with Gasteiger partial charge in [0.05, 0.1) is 28.7 Å². The van der Waals surface area contributed by atoms with Crippen LogP contribution in [0.1, 0.15) is 33.1 Å². The molecule has 1 spiro atoms. The number of hydrogen-bond acceptors (Lipinski definition) is 8. The molecule has 5 atom stereocenters. The second kappa shape index (κ2) is 12.5. The lowest BCUT2D eigenvalue weighted by molar-refractivity contribution is -0.143. The number of carbonyl (C=O) groups is 3. The van der Waals surface area contributed by atoms with Gasteiger partial charge in [-0.25, -0.2) is 4.68 Å². The molecule has 7 rings (SSSR count). The number of anilines is 1. The molecule has 1 N–H and O–H groups in total. The van der Waals surface area contributed by atoms with Gasteiger partial charge in [-0.05, 0) is 69.5 Å². The highest BCUT2D eigenvalue weighted by Gasteiger charge is 2.73. The number of amides is 3. The van der Waals surface area contributed by atoms with E-state index in [2.05, 4.69) is 16.4 Å². The maximum Gasteiger partial charge on any atom is 0.248 e. The molecule has 2 saturated heterocycles. The number of para-hydroxylation sites is 1. The fraction of sp³-hybridized carbons (Fsp3) is 0.457. The molecule has 3 aromatic rings. The van der Waals surface area contributed by atoms with E-state index in [0.29, 0.717) is 39.1 Å². The number of thioether (sulfide) groups is 1. The number of carbonyl (C=O) groups excluding carboxylic acids is 3. The maximum absolute atomic E-state index is 14.8. The number of likely N-dealkylation sites (tertiary alicyclic amines) is 1. The van der Waals surface area contributed by atoms with E-state index in [9.17, 15) is 19.5 Å². The summed E-state index contributed by atoms with van der Waals surface area (Å²) in [6, 6.07) is 14.3. The van der Waals surface area contributed by atoms with Gasteiger partial charge in [-0.2, -0.15) is 0 Å². The minimum absolute atomic E-state index is 0.0732. The molecule has 2 aromatic carbocycles. The van der Waals surface area contributed by atoms with Crippen molar-refractivity contribution in [3.63, 3.8) is 0 Å². The Morgan fingerprint density at radius 3 is 2.51 bits per heavy atom. The van der Waals surface area contributed by atoms with Gasteiger partial charge < -0.3 is 24.5 Å². The lowest BCUT2D eigenvalue weighted by atomic mass is 9.74. The lowest BCUT2D eigenvalue weighted by Crippen LogP contribution is -2.53. The van der Waals surface area contributed by atoms with Gasteiger partial charge in [-0.15, -0.1) is 16.9 Å². The largest absolute Gasteiger partial charge is 0.494 e. The first-order chi connectivity index (χ1) is 22.8. The molecule has 1 unspecified atom stereocenters. The highest BCUT2D eigenvalue weighted by atomic mass is 32.2. The molecule has 0 radical (unpaired) electrons. The number of unbranched alkanes of at least 4 members (excludes halogenated alkanes) is 2. The highest BCUT2D eigenvalue weighted by molar-refractivity contribution is 8.02. The van der Waals surface area contributed by atoms with Crippen molar-refractivity contribution in [3.8, 4) is 5.75 Å². The molecule has 3 amide bonds. The average Bonchev–Trinajstić information content (AvgIpc) is 3.60. The molecular formula is C35H40N6O5S. The third-order valence-electron chi connectivity index (χ3n) is 9.88. The van der Waals surface area contributed by atoms with Crippen LogP contribution in [0.3, 0.4) is 0 Å². The third kappa shape index (κ3) is 5.22. The van der Waals surface area contributed by atoms with E-state index >= 15 is 0 Å². The van der Waals surface area contributed by atoms with E-state index in [1.807, 2.05) is 80.6 Å². The van der Waals surface area contributed by atoms with Gasteiger partial charge in [0.1, 0.15) is 24.0 Å². The van der Waals surface area contributed by atoms with Crippen molar-refractivity contribution >= 4 is 46.2 Å². The summed E-state index contributed by atoms with van der Waals surface area (Å²) >= 11 is 1.58. The first kappa shape index (κ1) is 31.4. The van der Waals surface area contributed by atoms with Crippen molar-refractivity contribution < 1.29 is 24.2 Å². The van der Waals surface area contributed by atoms with Crippen LogP contribution in [-0.4, -0.2) is 96.0 Å². The molecule has 5 heterocycles. The van der Waals surface area contributed by atoms with Crippen molar-refractivity contribution in [2.75, 3.05) is 37.7 Å². The van der Waals surface area contributed by atoms with Gasteiger partial charge >= 0.3 is 0 Å². The summed E-state index contributed by atoms with van der Waals surface area (Å²) in [5.41, 5.74) is 2.30. The number of ether oxygens (including phenoxy) is 1. The Bertz CT molecular complexity index is 1740. The zero-order valence-corrected chi connectivity index (χ0v) is 27.5. The minimum atomic E-state index is -0.939. The van der Waals surface area contributed by atoms with Crippen LogP contribution in [0.15, 0.2) is 72.8 Å². The van der Waals surface area contributed by atoms with E-state index in [-0.39, 0.29) is 31.0 Å². The normalized spacial score (nSPS) is 28.4. The van der Waals surface area contributed by atoms with Gasteiger partial charge in [0.25, 0.3) is 0 Å². The summed E-state index contributed by atoms with van der Waals surface area (Å²) in [6.45, 7) is 5.86. The van der Waals surface area contributed by atoms with Crippen LogP contribution < -0.4 is 9.64 Å². The number of nitrogens with zero attached hydrogens (tertiary/aromatic N) is 6. The average molecular weight is 657 g/mol. The number of aromatic nitrogens is 3. The predicted molar refractivity (Wildman–Crippen MR) is 180 cm³/mol. The Morgan fingerprint density at radius 2 is 1.72 bits per heavy atom. The summed E-state index contributed by atoms with van der Waals surface area (Å²) in [4.78, 5) is 49.3. The summed E-state index contributed by atoms with van der Waals surface area (Å²) in [5, 5.41) is 18.0. The second-order valence-corrected chi connectivity index (χ2v) is 14.6. The van der Waals surface area contributed by atoms with Crippen LogP contribution in [0.4, 0.5) is 5.69 Å². The first-order valence-corrected chi connectivity index (χ1v) is 17.2. The summed E-state index contributed by atoms with van der Waals surface area (Å²) < 4.78 is 5.69. The van der Waals surface area contributed by atoms with Crippen LogP contribution in [0, 0.1) is 11.8 Å². The van der Waals surface area contributed by atoms with Gasteiger partial charge in [0, 0.05) is 36.7 Å². The van der Waals surface area contributed by atoms with Gasteiger partial charge in [0.2, 0.25) is 17.7 Å².